The third kappa shape index (κ3) is 38.2. The van der Waals surface area contributed by atoms with Crippen molar-refractivity contribution in [2.45, 2.75) is 170 Å². The van der Waals surface area contributed by atoms with E-state index in [1.807, 2.05) is 190 Å². The van der Waals surface area contributed by atoms with Crippen molar-refractivity contribution in [3.05, 3.63) is 312 Å². The van der Waals surface area contributed by atoms with Crippen LogP contribution in [0.15, 0.2) is 305 Å². The van der Waals surface area contributed by atoms with Gasteiger partial charge in [-0.05, 0) is 249 Å². The number of aromatic amines is 1. The molecule has 18 rings (SSSR count). The monoisotopic (exact) mass is 1590 g/mol. The van der Waals surface area contributed by atoms with E-state index in [1.54, 1.807) is 30.2 Å². The predicted molar refractivity (Wildman–Crippen MR) is 495 cm³/mol. The predicted octanol–water partition coefficient (Wildman–Crippen LogP) is 22.8. The number of likely N-dealkylation sites (tertiary alicyclic amines) is 2. The number of thiophene rings is 1. The summed E-state index contributed by atoms with van der Waals surface area (Å²) in [7, 11) is 3.69. The molecule has 0 spiro atoms. The minimum Gasteiger partial charge on any atom is -0.492 e. The molecule has 616 valence electrons. The van der Waals surface area contributed by atoms with Crippen LogP contribution in [-0.4, -0.2) is 133 Å². The topological polar surface area (TPSA) is 137 Å². The summed E-state index contributed by atoms with van der Waals surface area (Å²) >= 11 is 3.47. The lowest BCUT2D eigenvalue weighted by atomic mass is 9.93. The zero-order chi connectivity index (χ0) is 82.4. The van der Waals surface area contributed by atoms with Crippen LogP contribution in [0.1, 0.15) is 128 Å². The van der Waals surface area contributed by atoms with E-state index >= 15 is 0 Å². The van der Waals surface area contributed by atoms with E-state index in [0.717, 1.165) is 66.0 Å². The fourth-order valence-corrected chi connectivity index (χ4v) is 14.4. The number of nitrogens with one attached hydrogen (secondary N) is 4. The Labute approximate surface area is 700 Å². The van der Waals surface area contributed by atoms with Gasteiger partial charge in [0.15, 0.2) is 11.5 Å². The summed E-state index contributed by atoms with van der Waals surface area (Å²) in [5.74, 6) is 5.83. The number of allylic oxidation sites excluding steroid dienone is 12. The van der Waals surface area contributed by atoms with Gasteiger partial charge in [-0.25, -0.2) is 4.99 Å². The molecule has 8 unspecified atom stereocenters. The van der Waals surface area contributed by atoms with Crippen LogP contribution in [0.4, 0.5) is 0 Å². The van der Waals surface area contributed by atoms with Crippen LogP contribution < -0.4 is 30.2 Å². The fourth-order valence-electron chi connectivity index (χ4n) is 12.9. The maximum Gasteiger partial charge on any atom is 0.173 e. The van der Waals surface area contributed by atoms with Gasteiger partial charge >= 0.3 is 0 Å². The van der Waals surface area contributed by atoms with Crippen molar-refractivity contribution in [1.82, 2.24) is 35.3 Å². The van der Waals surface area contributed by atoms with Gasteiger partial charge in [-0.15, -0.1) is 23.1 Å². The van der Waals surface area contributed by atoms with E-state index in [4.69, 9.17) is 18.9 Å². The Morgan fingerprint density at radius 1 is 0.591 bits per heavy atom. The Balaban J connectivity index is 0.000000175. The minimum atomic E-state index is 0.170. The number of aryl methyl sites for hydroxylation is 5. The maximum atomic E-state index is 5.72. The molecule has 0 radical (unpaired) electrons. The van der Waals surface area contributed by atoms with E-state index in [9.17, 15) is 0 Å². The summed E-state index contributed by atoms with van der Waals surface area (Å²) in [5.41, 5.74) is 14.4. The molecule has 16 heteroatoms. The van der Waals surface area contributed by atoms with E-state index in [2.05, 4.69) is 213 Å². The number of aliphatic imine (C=N–C) groups is 3. The highest BCUT2D eigenvalue weighted by molar-refractivity contribution is 8.13. The Bertz CT molecular complexity index is 4050. The van der Waals surface area contributed by atoms with Gasteiger partial charge in [-0.3, -0.25) is 14.9 Å². The second-order valence-electron chi connectivity index (χ2n) is 30.8. The summed E-state index contributed by atoms with van der Waals surface area (Å²) in [6, 6.07) is 39.8. The highest BCUT2D eigenvalue weighted by Gasteiger charge is 2.25. The highest BCUT2D eigenvalue weighted by Crippen LogP contribution is 2.30. The first kappa shape index (κ1) is 92.6. The molecule has 4 aliphatic carbocycles. The molecule has 3 saturated heterocycles. The number of hydrogen-bond acceptors (Lipinski definition) is 14. The number of piperidine rings is 3. The van der Waals surface area contributed by atoms with Crippen molar-refractivity contribution in [2.24, 2.45) is 45.7 Å². The average Bonchev–Trinajstić information content (AvgIpc) is 1.73. The Morgan fingerprint density at radius 3 is 1.82 bits per heavy atom. The van der Waals surface area contributed by atoms with Crippen LogP contribution in [0.3, 0.4) is 0 Å². The molecule has 115 heavy (non-hydrogen) atoms. The normalized spacial score (nSPS) is 22.7. The standard InChI is InChI=1S/C14H21NO.C13H12O.2C9H11N.C8H9NO.C8H9NS.C8H17N.C7H13N.C7H9N.C6H8OS.2C5H7N/c1-13-5-7-14(8-6-13)16-12-11-15-9-3-2-4-10-15;1-11-7-9-13(10-8-11)14-12-5-3-2-4-6-12;2*1-7-2-3-8-4-5-10-9(8)6-7;2*1-6-2-3-8-7(4-6)9-5-10-8;1-3-9-6-4-8(2)5-7-9;2*1-6-3-4-7(2)8-5-6;1-5-3-4-6(7-2)8-5;1-6-4-2-3-5-6;1-5-3-2-4-6-5/h5-8H,2-4,9-12H2,1H3;2-10H,1H3;2-3,5-6,8-9H,4H2,1H3;2-6,8-10H,1H3;2*2-5,7-8H,1H3;8H,3-7H2,1-2H3;6,8H,2-5H2,1H3;3-5,8H,2H2,1H3;3-4H,1-2H3;2-5H,1H3;2-4,6H,1H3/t;;;;;;;6-;;;;/m.......1..../s1. The van der Waals surface area contributed by atoms with Gasteiger partial charge < -0.3 is 49.3 Å². The van der Waals surface area contributed by atoms with Gasteiger partial charge in [0, 0.05) is 84.9 Å². The molecule has 0 bridgehead atoms. The first-order valence-electron chi connectivity index (χ1n) is 41.3. The summed E-state index contributed by atoms with van der Waals surface area (Å²) in [6.07, 6.45) is 56.6. The van der Waals surface area contributed by atoms with E-state index < -0.39 is 0 Å². The van der Waals surface area contributed by atoms with Gasteiger partial charge in [-0.1, -0.05) is 195 Å². The first-order chi connectivity index (χ1) is 55.6. The Kier molecular flexibility index (Phi) is 42.5. The van der Waals surface area contributed by atoms with Gasteiger partial charge in [-0.2, -0.15) is 0 Å². The summed E-state index contributed by atoms with van der Waals surface area (Å²) in [5, 5.41) is 11.1. The Hall–Kier alpha value is -9.58. The zero-order valence-corrected chi connectivity index (χ0v) is 73.0. The van der Waals surface area contributed by atoms with Crippen LogP contribution in [-0.2, 0) is 11.8 Å². The third-order valence-electron chi connectivity index (χ3n) is 20.3. The molecule has 3 fully saturated rings. The summed E-state index contributed by atoms with van der Waals surface area (Å²) < 4.78 is 23.5. The van der Waals surface area contributed by atoms with Crippen LogP contribution in [0.25, 0.3) is 0 Å². The minimum absolute atomic E-state index is 0.170. The molecule has 3 aromatic heterocycles. The smallest absolute Gasteiger partial charge is 0.173 e. The second-order valence-corrected chi connectivity index (χ2v) is 33.1. The van der Waals surface area contributed by atoms with Crippen molar-refractivity contribution in [2.75, 3.05) is 59.5 Å². The van der Waals surface area contributed by atoms with Crippen LogP contribution in [0.5, 0.6) is 22.3 Å². The number of benzene rings is 3. The van der Waals surface area contributed by atoms with Crippen LogP contribution >= 0.6 is 23.1 Å². The third-order valence-corrected chi connectivity index (χ3v) is 22.2. The second kappa shape index (κ2) is 52.8. The molecular weight excluding hydrogens is 1460 g/mol. The number of thioether (sulfide) groups is 1. The van der Waals surface area contributed by atoms with Crippen molar-refractivity contribution in [1.29, 1.82) is 0 Å². The number of dihydropyridines is 1. The van der Waals surface area contributed by atoms with Gasteiger partial charge in [0.05, 0.1) is 36.0 Å². The van der Waals surface area contributed by atoms with Crippen LogP contribution in [0.2, 0.25) is 0 Å². The molecule has 9 atom stereocenters. The fraction of sp³-hybridized carbons (Fsp3) is 0.404. The molecular formula is C99H134N10O4S2. The largest absolute Gasteiger partial charge is 0.492 e. The summed E-state index contributed by atoms with van der Waals surface area (Å²) in [4.78, 5) is 22.1. The lowest BCUT2D eigenvalue weighted by Gasteiger charge is -2.28. The van der Waals surface area contributed by atoms with Gasteiger partial charge in [0.2, 0.25) is 0 Å². The van der Waals surface area contributed by atoms with Crippen molar-refractivity contribution in [3.8, 4) is 22.3 Å². The number of para-hydroxylation sites is 1. The summed E-state index contributed by atoms with van der Waals surface area (Å²) in [6.45, 7) is 42.5. The molecule has 6 aromatic rings. The molecule has 4 N–H and O–H groups in total. The van der Waals surface area contributed by atoms with E-state index in [-0.39, 0.29) is 12.1 Å². The van der Waals surface area contributed by atoms with Gasteiger partial charge in [0.25, 0.3) is 0 Å². The maximum absolute atomic E-state index is 5.72. The first-order valence-corrected chi connectivity index (χ1v) is 43.1. The SMILES string of the molecule is C=C1C=CC(C)=CN1.C=C1CC[C@@H](C)CN1.CC1=CC2N=CCC2C=C1.CC1=CC2N=COC2C=C1.CC1=CC2N=CSC2C=C1.CC1=CC2NC=CC2C=C1.CCN1CCC(C)CC1.COc1ccc(C)s1.Cc1ccc(OCCN2CCCCC2)cc1.Cc1ccc(Oc2ccccc2)cc1.Cc1ccc[nH]1.Cn1cccc1. The van der Waals surface area contributed by atoms with E-state index in [0.29, 0.717) is 35.2 Å². The molecule has 0 amide bonds. The lowest BCUT2D eigenvalue weighted by Crippen LogP contribution is -2.33. The van der Waals surface area contributed by atoms with Gasteiger partial charge in [0.1, 0.15) is 36.0 Å². The number of ether oxygens (including phenoxy) is 4. The molecule has 3 aromatic carbocycles. The molecule has 12 aliphatic rings. The number of methoxy groups -OCH3 is 1. The molecule has 8 aliphatic heterocycles. The van der Waals surface area contributed by atoms with Crippen LogP contribution in [0, 0.1) is 51.4 Å². The number of nitrogens with zero attached hydrogens (tertiary/aromatic N) is 6. The lowest BCUT2D eigenvalue weighted by molar-refractivity contribution is 0.183. The molecule has 14 nitrogen and oxygen atoms in total. The van der Waals surface area contributed by atoms with Crippen molar-refractivity contribution < 1.29 is 18.9 Å². The Morgan fingerprint density at radius 2 is 1.24 bits per heavy atom. The zero-order valence-electron chi connectivity index (χ0n) is 71.4. The number of fused-ring (bicyclic) bond motifs is 4. The number of H-pyrrole nitrogens is 1. The highest BCUT2D eigenvalue weighted by atomic mass is 32.2. The molecule has 11 heterocycles. The van der Waals surface area contributed by atoms with Crippen molar-refractivity contribution >= 4 is 41.3 Å². The number of hydrogen-bond donors (Lipinski definition) is 4. The van der Waals surface area contributed by atoms with E-state index in [1.165, 1.54) is 139 Å². The van der Waals surface area contributed by atoms with Crippen molar-refractivity contribution in [3.63, 3.8) is 0 Å². The molecule has 0 saturated carbocycles. The quantitative estimate of drug-likeness (QED) is 0.117. The number of aromatic nitrogens is 2. The number of rotatable bonds is 8. The average molecular weight is 1590 g/mol.